The Labute approximate surface area is 291 Å². The molecule has 4 nitrogen and oxygen atoms in total. The van der Waals surface area contributed by atoms with Crippen molar-refractivity contribution < 1.29 is 24.5 Å². The molecule has 0 N–H and O–H groups in total. The van der Waals surface area contributed by atoms with E-state index in [1.54, 1.807) is 0 Å². The summed E-state index contributed by atoms with van der Waals surface area (Å²) < 4.78 is 6.35. The molecule has 0 spiro atoms. The summed E-state index contributed by atoms with van der Waals surface area (Å²) in [6.45, 7) is 15.2. The fourth-order valence-corrected chi connectivity index (χ4v) is 5.83. The molecule has 0 aliphatic rings. The van der Waals surface area contributed by atoms with Crippen molar-refractivity contribution in [3.63, 3.8) is 0 Å². The first-order chi connectivity index (χ1) is 22.1. The summed E-state index contributed by atoms with van der Waals surface area (Å²) in [5, 5.41) is 2.05. The summed E-state index contributed by atoms with van der Waals surface area (Å²) in [6, 6.07) is 35.1. The van der Waals surface area contributed by atoms with Crippen LogP contribution in [0.1, 0.15) is 48.6 Å². The van der Waals surface area contributed by atoms with Gasteiger partial charge in [-0.15, -0.1) is 54.1 Å². The number of aromatic nitrogens is 3. The number of hydrogen-bond acceptors (Lipinski definition) is 4. The Hall–Kier alpha value is -4.44. The third-order valence-corrected chi connectivity index (χ3v) is 8.13. The number of aryl methyl sites for hydroxylation is 4. The van der Waals surface area contributed by atoms with E-state index >= 15 is 0 Å². The molecular formula is C42H39IrN3O-2. The molecule has 47 heavy (non-hydrogen) atoms. The Morgan fingerprint density at radius 2 is 1.43 bits per heavy atom. The van der Waals surface area contributed by atoms with Crippen LogP contribution in [0.25, 0.3) is 55.8 Å². The summed E-state index contributed by atoms with van der Waals surface area (Å²) in [5.41, 5.74) is 13.7. The van der Waals surface area contributed by atoms with Crippen LogP contribution in [0.2, 0.25) is 0 Å². The maximum absolute atomic E-state index is 6.35. The maximum atomic E-state index is 6.35. The van der Waals surface area contributed by atoms with Gasteiger partial charge in [0.1, 0.15) is 0 Å². The minimum absolute atomic E-state index is 0. The molecule has 0 fully saturated rings. The van der Waals surface area contributed by atoms with Gasteiger partial charge in [0.2, 0.25) is 5.71 Å². The van der Waals surface area contributed by atoms with Gasteiger partial charge in [-0.25, -0.2) is 4.98 Å². The van der Waals surface area contributed by atoms with Crippen molar-refractivity contribution in [3.05, 3.63) is 137 Å². The van der Waals surface area contributed by atoms with Crippen LogP contribution in [-0.4, -0.2) is 15.0 Å². The number of pyridine rings is 3. The van der Waals surface area contributed by atoms with Crippen LogP contribution in [0, 0.1) is 45.2 Å². The van der Waals surface area contributed by atoms with E-state index in [2.05, 4.69) is 101 Å². The summed E-state index contributed by atoms with van der Waals surface area (Å²) in [6.07, 6.45) is 4.87. The van der Waals surface area contributed by atoms with Gasteiger partial charge >= 0.3 is 0 Å². The molecule has 0 amide bonds. The molecule has 7 rings (SSSR count). The number of furan rings is 1. The van der Waals surface area contributed by atoms with Crippen molar-refractivity contribution in [2.24, 2.45) is 5.41 Å². The average molecular weight is 794 g/mol. The molecule has 0 saturated carbocycles. The molecular weight excluding hydrogens is 755 g/mol. The van der Waals surface area contributed by atoms with Crippen molar-refractivity contribution in [1.29, 1.82) is 0 Å². The topological polar surface area (TPSA) is 51.8 Å². The van der Waals surface area contributed by atoms with E-state index in [-0.39, 0.29) is 25.5 Å². The summed E-state index contributed by atoms with van der Waals surface area (Å²) in [7, 11) is 0. The van der Waals surface area contributed by atoms with Crippen LogP contribution in [-0.2, 0) is 26.5 Å². The monoisotopic (exact) mass is 794 g/mol. The van der Waals surface area contributed by atoms with Crippen LogP contribution >= 0.6 is 0 Å². The molecule has 0 saturated heterocycles. The van der Waals surface area contributed by atoms with Crippen LogP contribution in [0.5, 0.6) is 0 Å². The van der Waals surface area contributed by atoms with Gasteiger partial charge in [-0.1, -0.05) is 73.7 Å². The van der Waals surface area contributed by atoms with Gasteiger partial charge in [0.05, 0.1) is 11.3 Å². The van der Waals surface area contributed by atoms with E-state index < -0.39 is 0 Å². The molecule has 0 atom stereocenters. The summed E-state index contributed by atoms with van der Waals surface area (Å²) in [5.74, 6) is 0. The Kier molecular flexibility index (Phi) is 10.2. The number of benzene rings is 3. The summed E-state index contributed by atoms with van der Waals surface area (Å²) >= 11 is 0. The predicted octanol–water partition coefficient (Wildman–Crippen LogP) is 10.9. The summed E-state index contributed by atoms with van der Waals surface area (Å²) in [4.78, 5) is 14.0. The van der Waals surface area contributed by atoms with E-state index in [0.29, 0.717) is 5.71 Å². The largest absolute Gasteiger partial charge is 0.486 e. The molecule has 239 valence electrons. The van der Waals surface area contributed by atoms with E-state index in [9.17, 15) is 0 Å². The average Bonchev–Trinajstić information content (AvgIpc) is 3.41. The van der Waals surface area contributed by atoms with Crippen molar-refractivity contribution in [2.45, 2.75) is 54.9 Å². The second kappa shape index (κ2) is 14.1. The first-order valence-electron chi connectivity index (χ1n) is 15.7. The molecule has 5 heteroatoms. The Balaban J connectivity index is 0.000000260. The molecule has 0 aliphatic heterocycles. The standard InChI is InChI=1S/C30H29N2O.C12H10N.Ir/c1-18-9-7-10-19(2)27(18)25-14-13-23-22-11-8-12-24(28(22)33-29(23)32-25)26-15-20(3)21(17-31-26)16-30(4,5)6;1-10-7-8-12(13-9-10)11-5-3-2-4-6-11;/h7-11,13-15,17H,16H2,1-6H3;2-5,7-9H,1H3;/q2*-1;. The van der Waals surface area contributed by atoms with Crippen molar-refractivity contribution in [2.75, 3.05) is 0 Å². The third kappa shape index (κ3) is 7.59. The van der Waals surface area contributed by atoms with Crippen LogP contribution in [0.3, 0.4) is 0 Å². The van der Waals surface area contributed by atoms with Gasteiger partial charge in [-0.05, 0) is 85.3 Å². The molecule has 0 bridgehead atoms. The number of fused-ring (bicyclic) bond motifs is 3. The molecule has 4 aromatic heterocycles. The van der Waals surface area contributed by atoms with Gasteiger partial charge in [-0.2, -0.15) is 0 Å². The van der Waals surface area contributed by atoms with Gasteiger partial charge in [0.15, 0.2) is 0 Å². The van der Waals surface area contributed by atoms with Crippen LogP contribution in [0.4, 0.5) is 0 Å². The van der Waals surface area contributed by atoms with Crippen molar-refractivity contribution in [3.8, 4) is 33.8 Å². The fraction of sp³-hybridized carbons (Fsp3) is 0.214. The zero-order valence-electron chi connectivity index (χ0n) is 28.0. The second-order valence-corrected chi connectivity index (χ2v) is 13.2. The normalized spacial score (nSPS) is 11.2. The number of hydrogen-bond donors (Lipinski definition) is 0. The third-order valence-electron chi connectivity index (χ3n) is 8.13. The molecule has 1 radical (unpaired) electrons. The minimum atomic E-state index is 0. The predicted molar refractivity (Wildman–Crippen MR) is 190 cm³/mol. The maximum Gasteiger partial charge on any atom is 0.216 e. The first kappa shape index (κ1) is 33.9. The first-order valence-corrected chi connectivity index (χ1v) is 15.7. The zero-order chi connectivity index (χ0) is 32.4. The number of rotatable bonds is 4. The Morgan fingerprint density at radius 3 is 2.09 bits per heavy atom. The molecule has 0 aliphatic carbocycles. The minimum Gasteiger partial charge on any atom is -0.486 e. The quantitative estimate of drug-likeness (QED) is 0.167. The van der Waals surface area contributed by atoms with Crippen molar-refractivity contribution in [1.82, 2.24) is 15.0 Å². The molecule has 4 heterocycles. The van der Waals surface area contributed by atoms with Gasteiger partial charge in [-0.3, -0.25) is 0 Å². The SMILES string of the molecule is Cc1cc(-c2[c-]ccc3c2oc2nc(-c4c(C)cccc4C)ccc23)ncc1CC(C)(C)C.Cc1ccc(-c2[c-]cccc2)nc1.[Ir]. The number of nitrogens with zero attached hydrogens (tertiary/aromatic N) is 3. The van der Waals surface area contributed by atoms with E-state index in [4.69, 9.17) is 14.4 Å². The smallest absolute Gasteiger partial charge is 0.216 e. The van der Waals surface area contributed by atoms with Gasteiger partial charge < -0.3 is 14.4 Å². The zero-order valence-corrected chi connectivity index (χ0v) is 30.4. The second-order valence-electron chi connectivity index (χ2n) is 13.2. The Bertz CT molecular complexity index is 2120. The molecule has 7 aromatic rings. The Morgan fingerprint density at radius 1 is 0.681 bits per heavy atom. The van der Waals surface area contributed by atoms with E-state index in [1.807, 2.05) is 61.8 Å². The van der Waals surface area contributed by atoms with Crippen LogP contribution in [0.15, 0.2) is 102 Å². The van der Waals surface area contributed by atoms with Gasteiger partial charge in [0, 0.05) is 43.4 Å². The van der Waals surface area contributed by atoms with Gasteiger partial charge in [0.25, 0.3) is 0 Å². The van der Waals surface area contributed by atoms with Crippen molar-refractivity contribution >= 4 is 22.1 Å². The van der Waals surface area contributed by atoms with E-state index in [0.717, 1.165) is 51.0 Å². The van der Waals surface area contributed by atoms with E-state index in [1.165, 1.54) is 33.4 Å². The molecule has 0 unspecified atom stereocenters. The molecule has 3 aromatic carbocycles. The van der Waals surface area contributed by atoms with Crippen LogP contribution < -0.4 is 0 Å². The fourth-order valence-electron chi connectivity index (χ4n) is 5.83.